The Morgan fingerprint density at radius 3 is 0.623 bits per heavy atom. The van der Waals surface area contributed by atoms with Crippen molar-refractivity contribution in [2.75, 3.05) is 26.4 Å². The Morgan fingerprint density at radius 1 is 0.200 bits per heavy atom. The molecule has 0 aromatic heterocycles. The first-order valence-corrected chi connectivity index (χ1v) is 56.2. The van der Waals surface area contributed by atoms with Gasteiger partial charge in [0.1, 0.15) is 26.4 Å². The topological polar surface area (TPSA) is 208 Å². The molecule has 4 fully saturated rings. The molecule has 756 valence electrons. The van der Waals surface area contributed by atoms with Crippen molar-refractivity contribution in [3.63, 3.8) is 0 Å². The maximum absolute atomic E-state index is 12.9. The minimum Gasteiger partial charge on any atom is -0.462 e. The lowest BCUT2D eigenvalue weighted by molar-refractivity contribution is -0.167. The molecule has 16 heteroatoms. The van der Waals surface area contributed by atoms with Gasteiger partial charge in [0, 0.05) is 44.9 Å². The number of carbonyl (C=O) groups excluding carboxylic acids is 6. The van der Waals surface area contributed by atoms with E-state index in [0.717, 1.165) is 205 Å². The highest BCUT2D eigenvalue weighted by Crippen LogP contribution is 2.40. The molecule has 4 aliphatic rings. The second-order valence-electron chi connectivity index (χ2n) is 39.2. The van der Waals surface area contributed by atoms with Gasteiger partial charge in [0.05, 0.1) is 48.8 Å². The number of epoxide rings is 4. The van der Waals surface area contributed by atoms with Crippen LogP contribution >= 0.6 is 0 Å². The average Bonchev–Trinajstić information content (AvgIpc) is 1.64. The van der Waals surface area contributed by atoms with Gasteiger partial charge >= 0.3 is 35.8 Å². The second kappa shape index (κ2) is 89.8. The monoisotopic (exact) mass is 1830 g/mol. The van der Waals surface area contributed by atoms with Gasteiger partial charge in [0.2, 0.25) is 0 Å². The van der Waals surface area contributed by atoms with Gasteiger partial charge in [-0.2, -0.15) is 0 Å². The molecular weight excluding hydrogens is 1630 g/mol. The molecule has 4 rings (SSSR count). The van der Waals surface area contributed by atoms with Gasteiger partial charge in [-0.05, 0) is 161 Å². The molecule has 10 atom stereocenters. The summed E-state index contributed by atoms with van der Waals surface area (Å²) in [4.78, 5) is 76.3. The van der Waals surface area contributed by atoms with Crippen LogP contribution < -0.4 is 0 Å². The van der Waals surface area contributed by atoms with Crippen molar-refractivity contribution in [2.24, 2.45) is 0 Å². The highest BCUT2D eigenvalue weighted by molar-refractivity contribution is 5.72. The van der Waals surface area contributed by atoms with E-state index in [2.05, 4.69) is 90.2 Å². The molecule has 0 bridgehead atoms. The molecule has 4 heterocycles. The van der Waals surface area contributed by atoms with Crippen molar-refractivity contribution in [3.8, 4) is 0 Å². The zero-order valence-electron chi connectivity index (χ0n) is 85.3. The lowest BCUT2D eigenvalue weighted by atomic mass is 10.0. The molecule has 0 aromatic carbocycles. The molecule has 130 heavy (non-hydrogen) atoms. The van der Waals surface area contributed by atoms with Crippen LogP contribution in [-0.4, -0.2) is 123 Å². The molecule has 0 radical (unpaired) electrons. The Bertz CT molecular complexity index is 2730. The van der Waals surface area contributed by atoms with E-state index in [1.54, 1.807) is 0 Å². The Morgan fingerprint density at radius 2 is 0.369 bits per heavy atom. The van der Waals surface area contributed by atoms with Crippen LogP contribution in [0.5, 0.6) is 0 Å². The number of hydrogen-bond donors (Lipinski definition) is 0. The van der Waals surface area contributed by atoms with E-state index in [4.69, 9.17) is 47.4 Å². The van der Waals surface area contributed by atoms with E-state index in [1.165, 1.54) is 270 Å². The number of esters is 6. The fraction of sp³-hybridized carbons (Fsp3) is 0.877. The molecular formula is C114H204O16. The number of rotatable bonds is 98. The number of allylic oxidation sites excluding steroid dienone is 8. The summed E-state index contributed by atoms with van der Waals surface area (Å²) in [5.74, 6) is -1.84. The molecule has 10 unspecified atom stereocenters. The zero-order chi connectivity index (χ0) is 93.4. The van der Waals surface area contributed by atoms with Crippen LogP contribution in [0.1, 0.15) is 555 Å². The van der Waals surface area contributed by atoms with Crippen LogP contribution in [0.25, 0.3) is 0 Å². The third-order valence-electron chi connectivity index (χ3n) is 26.5. The molecule has 4 saturated heterocycles. The molecule has 16 nitrogen and oxygen atoms in total. The molecule has 0 amide bonds. The fourth-order valence-electron chi connectivity index (χ4n) is 17.7. The summed E-state index contributed by atoms with van der Waals surface area (Å²) in [6.45, 7) is 13.2. The van der Waals surface area contributed by atoms with E-state index in [-0.39, 0.29) is 62.2 Å². The highest BCUT2D eigenvalue weighted by Gasteiger charge is 2.47. The maximum atomic E-state index is 12.9. The third-order valence-corrected chi connectivity index (χ3v) is 26.5. The van der Waals surface area contributed by atoms with Crippen LogP contribution in [0.15, 0.2) is 48.6 Å². The summed E-state index contributed by atoms with van der Waals surface area (Å²) < 4.78 is 57.3. The lowest BCUT2D eigenvalue weighted by Gasteiger charge is -2.18. The highest BCUT2D eigenvalue weighted by atomic mass is 16.6. The quantitative estimate of drug-likeness (QED) is 0.0182. The Kier molecular flexibility index (Phi) is 82.8. The molecule has 0 aromatic rings. The second-order valence-corrected chi connectivity index (χ2v) is 39.2. The number of ether oxygens (including phenoxy) is 10. The van der Waals surface area contributed by atoms with Crippen molar-refractivity contribution < 1.29 is 76.1 Å². The first kappa shape index (κ1) is 120. The minimum absolute atomic E-state index is 0.0843. The summed E-state index contributed by atoms with van der Waals surface area (Å²) in [6.07, 6.45) is 109. The first-order chi connectivity index (χ1) is 63.9. The van der Waals surface area contributed by atoms with Crippen molar-refractivity contribution in [1.29, 1.82) is 0 Å². The smallest absolute Gasteiger partial charge is 0.306 e. The Balaban J connectivity index is 0.000000672. The van der Waals surface area contributed by atoms with Gasteiger partial charge in [-0.15, -0.1) is 0 Å². The SMILES string of the molecule is CCCCC/C=C\C/C=C\CCCCCCCC(=O)OCC(COC(=O)CCCCCCC/C=C\CCCCCCCC)OC(=O)CCCCCCC/C=C\CCCCCCCC.CCCCCCCCC1OC1CCCCCCCC(=O)OCC(COC(=O)CCCCCCCC1OC1CC1OC1CCCCC)OC(=O)CCCCCCCC1OC1CCCCCCCC. The third kappa shape index (κ3) is 78.8. The summed E-state index contributed by atoms with van der Waals surface area (Å²) in [6, 6.07) is 0. The largest absolute Gasteiger partial charge is 0.462 e. The van der Waals surface area contributed by atoms with Gasteiger partial charge in [0.15, 0.2) is 12.2 Å². The van der Waals surface area contributed by atoms with Gasteiger partial charge in [-0.3, -0.25) is 28.8 Å². The molecule has 0 saturated carbocycles. The number of hydrogen-bond acceptors (Lipinski definition) is 16. The van der Waals surface area contributed by atoms with Crippen molar-refractivity contribution >= 4 is 35.8 Å². The van der Waals surface area contributed by atoms with Gasteiger partial charge < -0.3 is 47.4 Å². The van der Waals surface area contributed by atoms with E-state index in [0.29, 0.717) is 87.4 Å². The Labute approximate surface area is 798 Å². The standard InChI is InChI=1S/C57H102O10.C57H102O6/c1-4-7-10-12-17-26-35-47-49(64-47)37-28-19-14-22-31-40-55(58)61-44-46(63-57(60)42-33-24-16-20-29-38-50-48(65-50)36-27-18-13-11-8-5-2)45-62-56(59)41-32-23-15-21-30-39-52-54(67-52)43-53-51(66-53)34-25-9-6-3;1-4-7-10-13-16-19-22-25-28-31-34-37-40-43-46-49-55(58)61-52-54(63-57(60)51-48-45-42-39-36-33-30-27-24-21-18-15-12-9-6-3)53-62-56(59)50-47-44-41-38-35-32-29-26-23-20-17-14-11-8-5-2/h46-54H,4-45H2,1-3H3;16,19,25-30,54H,4-15,17-18,20-24,31-53H2,1-3H3/b;19-16-,28-25-,29-26-,30-27-. The lowest BCUT2D eigenvalue weighted by Crippen LogP contribution is -2.30. The summed E-state index contributed by atoms with van der Waals surface area (Å²) in [7, 11) is 0. The average molecular weight is 1830 g/mol. The summed E-state index contributed by atoms with van der Waals surface area (Å²) in [5.41, 5.74) is 0. The van der Waals surface area contributed by atoms with Crippen LogP contribution in [0, 0.1) is 0 Å². The zero-order valence-corrected chi connectivity index (χ0v) is 85.3. The molecule has 4 aliphatic heterocycles. The van der Waals surface area contributed by atoms with Crippen molar-refractivity contribution in [1.82, 2.24) is 0 Å². The Hall–Kier alpha value is -4.38. The fourth-order valence-corrected chi connectivity index (χ4v) is 17.7. The minimum atomic E-state index is -0.801. The number of carbonyl (C=O) groups is 6. The first-order valence-electron chi connectivity index (χ1n) is 56.2. The van der Waals surface area contributed by atoms with Crippen LogP contribution in [-0.2, 0) is 76.1 Å². The summed E-state index contributed by atoms with van der Waals surface area (Å²) in [5, 5.41) is 0. The molecule has 0 aliphatic carbocycles. The summed E-state index contributed by atoms with van der Waals surface area (Å²) >= 11 is 0. The van der Waals surface area contributed by atoms with E-state index in [1.807, 2.05) is 0 Å². The normalized spacial score (nSPS) is 18.4. The van der Waals surface area contributed by atoms with E-state index in [9.17, 15) is 28.8 Å². The van der Waals surface area contributed by atoms with E-state index < -0.39 is 12.2 Å². The van der Waals surface area contributed by atoms with Gasteiger partial charge in [-0.25, -0.2) is 0 Å². The molecule has 0 N–H and O–H groups in total. The predicted octanol–water partition coefficient (Wildman–Crippen LogP) is 32.6. The predicted molar refractivity (Wildman–Crippen MR) is 538 cm³/mol. The molecule has 0 spiro atoms. The maximum Gasteiger partial charge on any atom is 0.306 e. The van der Waals surface area contributed by atoms with Crippen LogP contribution in [0.2, 0.25) is 0 Å². The van der Waals surface area contributed by atoms with Gasteiger partial charge in [-0.1, -0.05) is 398 Å². The van der Waals surface area contributed by atoms with E-state index >= 15 is 0 Å². The van der Waals surface area contributed by atoms with Crippen molar-refractivity contribution in [3.05, 3.63) is 48.6 Å². The van der Waals surface area contributed by atoms with Crippen molar-refractivity contribution in [2.45, 2.75) is 616 Å². The number of unbranched alkanes of at least 4 members (excludes halogenated alkanes) is 54. The van der Waals surface area contributed by atoms with Gasteiger partial charge in [0.25, 0.3) is 0 Å². The van der Waals surface area contributed by atoms with Crippen LogP contribution in [0.3, 0.4) is 0 Å². The van der Waals surface area contributed by atoms with Crippen LogP contribution in [0.4, 0.5) is 0 Å².